The molecule has 2 saturated carbocycles. The Balaban J connectivity index is 1.57. The van der Waals surface area contributed by atoms with Crippen molar-refractivity contribution in [2.45, 2.75) is 65.6 Å². The minimum absolute atomic E-state index is 0.0159. The Labute approximate surface area is 213 Å². The molecule has 0 spiro atoms. The van der Waals surface area contributed by atoms with Crippen LogP contribution < -0.4 is 10.6 Å². The molecule has 2 bridgehead atoms. The van der Waals surface area contributed by atoms with E-state index in [1.54, 1.807) is 27.7 Å². The molecule has 0 saturated heterocycles. The van der Waals surface area contributed by atoms with Crippen molar-refractivity contribution in [1.82, 2.24) is 10.6 Å². The average molecular weight is 509 g/mol. The van der Waals surface area contributed by atoms with E-state index >= 15 is 0 Å². The van der Waals surface area contributed by atoms with Crippen LogP contribution in [0.4, 0.5) is 9.59 Å². The van der Waals surface area contributed by atoms with Gasteiger partial charge in [-0.15, -0.1) is 0 Å². The van der Waals surface area contributed by atoms with Gasteiger partial charge in [-0.2, -0.15) is 0 Å². The van der Waals surface area contributed by atoms with Crippen molar-refractivity contribution in [3.8, 4) is 0 Å². The van der Waals surface area contributed by atoms with Gasteiger partial charge < -0.3 is 29.6 Å². The van der Waals surface area contributed by atoms with Crippen LogP contribution in [-0.2, 0) is 28.5 Å². The fourth-order valence-electron chi connectivity index (χ4n) is 4.83. The molecule has 10 heteroatoms. The van der Waals surface area contributed by atoms with E-state index in [9.17, 15) is 19.2 Å². The van der Waals surface area contributed by atoms with Crippen LogP contribution in [0.5, 0.6) is 0 Å². The highest BCUT2D eigenvalue weighted by Gasteiger charge is 2.45. The maximum absolute atomic E-state index is 12.1. The molecule has 2 amide bonds. The van der Waals surface area contributed by atoms with Crippen LogP contribution in [0.2, 0.25) is 0 Å². The lowest BCUT2D eigenvalue weighted by Crippen LogP contribution is -2.36. The number of carbonyl (C=O) groups is 4. The largest absolute Gasteiger partial charge is 0.458 e. The highest BCUT2D eigenvalue weighted by molar-refractivity contribution is 5.87. The van der Waals surface area contributed by atoms with Gasteiger partial charge in [0.15, 0.2) is 0 Å². The predicted molar refractivity (Wildman–Crippen MR) is 132 cm³/mol. The summed E-state index contributed by atoms with van der Waals surface area (Å²) < 4.78 is 20.4. The Morgan fingerprint density at radius 1 is 0.778 bits per heavy atom. The molecular formula is C26H40N2O8. The monoisotopic (exact) mass is 508 g/mol. The molecule has 0 radical (unpaired) electrons. The minimum Gasteiger partial charge on any atom is -0.458 e. The number of carbonyl (C=O) groups excluding carboxylic acids is 4. The van der Waals surface area contributed by atoms with Gasteiger partial charge in [0.25, 0.3) is 0 Å². The summed E-state index contributed by atoms with van der Waals surface area (Å²) >= 11 is 0. The van der Waals surface area contributed by atoms with E-state index in [1.165, 1.54) is 0 Å². The summed E-state index contributed by atoms with van der Waals surface area (Å²) in [7, 11) is 0. The van der Waals surface area contributed by atoms with Gasteiger partial charge in [0.1, 0.15) is 25.4 Å². The van der Waals surface area contributed by atoms with Crippen molar-refractivity contribution in [2.75, 3.05) is 26.3 Å². The lowest BCUT2D eigenvalue weighted by atomic mass is 9.80. The van der Waals surface area contributed by atoms with Gasteiger partial charge in [-0.1, -0.05) is 13.2 Å². The molecule has 0 aromatic carbocycles. The first kappa shape index (κ1) is 29.2. The third-order valence-electron chi connectivity index (χ3n) is 6.65. The first-order valence-corrected chi connectivity index (χ1v) is 12.5. The van der Waals surface area contributed by atoms with Crippen LogP contribution >= 0.6 is 0 Å². The number of esters is 2. The van der Waals surface area contributed by atoms with Crippen molar-refractivity contribution < 1.29 is 38.1 Å². The summed E-state index contributed by atoms with van der Waals surface area (Å²) in [4.78, 5) is 46.9. The van der Waals surface area contributed by atoms with Crippen LogP contribution in [-0.4, -0.2) is 62.6 Å². The van der Waals surface area contributed by atoms with E-state index in [0.717, 1.165) is 25.7 Å². The standard InChI is InChI=1S/C26H40N2O8/c1-15(2)23(29)33-13-18(6)36-26(32)28-12-22-11-20-10-21(22)9-19(20)7-8-27-25(31)34-14-17(5)35-24(30)16(3)4/h17-22H,1,3,7-14H2,2,4-6H3,(H,27,31)(H,28,32). The van der Waals surface area contributed by atoms with E-state index in [-0.39, 0.29) is 13.2 Å². The Bertz CT molecular complexity index is 842. The van der Waals surface area contributed by atoms with Gasteiger partial charge in [0.2, 0.25) is 0 Å². The second kappa shape index (κ2) is 13.9. The number of amides is 2. The highest BCUT2D eigenvalue weighted by Crippen LogP contribution is 2.52. The molecule has 0 aromatic heterocycles. The van der Waals surface area contributed by atoms with Gasteiger partial charge in [-0.05, 0) is 77.0 Å². The molecule has 2 fully saturated rings. The van der Waals surface area contributed by atoms with Crippen molar-refractivity contribution >= 4 is 24.1 Å². The topological polar surface area (TPSA) is 129 Å². The molecule has 6 unspecified atom stereocenters. The molecule has 2 N–H and O–H groups in total. The summed E-state index contributed by atoms with van der Waals surface area (Å²) in [6, 6.07) is 0. The van der Waals surface area contributed by atoms with Gasteiger partial charge in [0.05, 0.1) is 0 Å². The zero-order valence-electron chi connectivity index (χ0n) is 21.8. The SMILES string of the molecule is C=C(C)C(=O)OCC(C)OC(=O)NCC1CC2CC1CC2CCNC(=O)OCC(C)OC(=O)C(=C)C. The quantitative estimate of drug-likeness (QED) is 0.220. The Morgan fingerprint density at radius 3 is 1.97 bits per heavy atom. The zero-order valence-corrected chi connectivity index (χ0v) is 21.8. The van der Waals surface area contributed by atoms with Crippen molar-refractivity contribution in [3.63, 3.8) is 0 Å². The van der Waals surface area contributed by atoms with Crippen molar-refractivity contribution in [2.24, 2.45) is 23.7 Å². The molecule has 0 aliphatic heterocycles. The van der Waals surface area contributed by atoms with Crippen molar-refractivity contribution in [1.29, 1.82) is 0 Å². The smallest absolute Gasteiger partial charge is 0.407 e. The van der Waals surface area contributed by atoms with Gasteiger partial charge in [-0.25, -0.2) is 19.2 Å². The average Bonchev–Trinajstić information content (AvgIpc) is 3.40. The fraction of sp³-hybridized carbons (Fsp3) is 0.692. The van der Waals surface area contributed by atoms with E-state index in [2.05, 4.69) is 23.8 Å². The maximum atomic E-state index is 12.1. The first-order chi connectivity index (χ1) is 17.0. The van der Waals surface area contributed by atoms with Gasteiger partial charge >= 0.3 is 24.1 Å². The Kier molecular flexibility index (Phi) is 11.3. The lowest BCUT2D eigenvalue weighted by molar-refractivity contribution is -0.145. The summed E-state index contributed by atoms with van der Waals surface area (Å²) in [5.74, 6) is 1.06. The molecule has 2 aliphatic carbocycles. The first-order valence-electron chi connectivity index (χ1n) is 12.5. The molecule has 0 heterocycles. The van der Waals surface area contributed by atoms with Gasteiger partial charge in [0, 0.05) is 24.2 Å². The molecule has 202 valence electrons. The Hall–Kier alpha value is -3.04. The second-order valence-corrected chi connectivity index (χ2v) is 10.0. The minimum atomic E-state index is -0.550. The molecule has 10 nitrogen and oxygen atoms in total. The second-order valence-electron chi connectivity index (χ2n) is 10.0. The predicted octanol–water partition coefficient (Wildman–Crippen LogP) is 3.51. The summed E-state index contributed by atoms with van der Waals surface area (Å²) in [5.41, 5.74) is 0.592. The van der Waals surface area contributed by atoms with Crippen LogP contribution in [0.15, 0.2) is 24.3 Å². The van der Waals surface area contributed by atoms with Crippen LogP contribution in [0, 0.1) is 23.7 Å². The summed E-state index contributed by atoms with van der Waals surface area (Å²) in [5, 5.41) is 5.60. The zero-order chi connectivity index (χ0) is 26.8. The Morgan fingerprint density at radius 2 is 1.36 bits per heavy atom. The number of rotatable bonds is 13. The highest BCUT2D eigenvalue weighted by atomic mass is 16.6. The molecule has 2 rings (SSSR count). The van der Waals surface area contributed by atoms with E-state index < -0.39 is 36.3 Å². The van der Waals surface area contributed by atoms with Gasteiger partial charge in [-0.3, -0.25) is 0 Å². The third kappa shape index (κ3) is 9.54. The molecule has 2 aliphatic rings. The molecular weight excluding hydrogens is 468 g/mol. The van der Waals surface area contributed by atoms with Crippen molar-refractivity contribution in [3.05, 3.63) is 24.3 Å². The number of hydrogen-bond acceptors (Lipinski definition) is 8. The van der Waals surface area contributed by atoms with Crippen LogP contribution in [0.1, 0.15) is 53.4 Å². The number of ether oxygens (including phenoxy) is 4. The van der Waals surface area contributed by atoms with E-state index in [1.807, 2.05) is 0 Å². The van der Waals surface area contributed by atoms with Crippen LogP contribution in [0.25, 0.3) is 0 Å². The third-order valence-corrected chi connectivity index (χ3v) is 6.65. The fourth-order valence-corrected chi connectivity index (χ4v) is 4.83. The molecule has 0 aromatic rings. The lowest BCUT2D eigenvalue weighted by Gasteiger charge is -2.28. The van der Waals surface area contributed by atoms with E-state index in [0.29, 0.717) is 47.9 Å². The summed E-state index contributed by atoms with van der Waals surface area (Å²) in [6.07, 6.45) is 1.98. The molecule has 36 heavy (non-hydrogen) atoms. The number of hydrogen-bond donors (Lipinski definition) is 2. The normalized spacial score (nSPS) is 23.7. The number of nitrogens with one attached hydrogen (secondary N) is 2. The maximum Gasteiger partial charge on any atom is 0.407 e. The van der Waals surface area contributed by atoms with E-state index in [4.69, 9.17) is 18.9 Å². The number of fused-ring (bicyclic) bond motifs is 2. The summed E-state index contributed by atoms with van der Waals surface area (Å²) in [6.45, 7) is 14.5. The number of alkyl carbamates (subject to hydrolysis) is 2. The van der Waals surface area contributed by atoms with Crippen LogP contribution in [0.3, 0.4) is 0 Å². The molecule has 6 atom stereocenters.